The fourth-order valence-electron chi connectivity index (χ4n) is 4.36. The first-order valence-electron chi connectivity index (χ1n) is 10.6. The van der Waals surface area contributed by atoms with Crippen LogP contribution in [-0.4, -0.2) is 45.4 Å². The predicted molar refractivity (Wildman–Crippen MR) is 122 cm³/mol. The van der Waals surface area contributed by atoms with Crippen LogP contribution in [0.2, 0.25) is 0 Å². The zero-order valence-corrected chi connectivity index (χ0v) is 17.6. The van der Waals surface area contributed by atoms with Gasteiger partial charge in [-0.2, -0.15) is 0 Å². The lowest BCUT2D eigenvalue weighted by atomic mass is 10.1. The number of anilines is 1. The summed E-state index contributed by atoms with van der Waals surface area (Å²) in [6.45, 7) is 8.51. The molecule has 3 aromatic heterocycles. The van der Waals surface area contributed by atoms with Gasteiger partial charge in [0.1, 0.15) is 11.5 Å². The van der Waals surface area contributed by atoms with Gasteiger partial charge in [-0.1, -0.05) is 36.4 Å². The minimum atomic E-state index is 0.442. The maximum absolute atomic E-state index is 5.02. The maximum atomic E-state index is 5.02. The van der Waals surface area contributed by atoms with E-state index in [4.69, 9.17) is 4.98 Å². The average molecular weight is 398 g/mol. The Morgan fingerprint density at radius 3 is 2.53 bits per heavy atom. The lowest BCUT2D eigenvalue weighted by molar-refractivity contribution is 0.198. The molecular weight excluding hydrogens is 370 g/mol. The molecule has 4 aromatic rings. The smallest absolute Gasteiger partial charge is 0.136 e. The van der Waals surface area contributed by atoms with E-state index in [0.717, 1.165) is 48.9 Å². The molecule has 0 N–H and O–H groups in total. The summed E-state index contributed by atoms with van der Waals surface area (Å²) in [5.41, 5.74) is 5.71. The van der Waals surface area contributed by atoms with Gasteiger partial charge in [0.25, 0.3) is 0 Å². The predicted octanol–water partition coefficient (Wildman–Crippen LogP) is 4.59. The number of benzene rings is 1. The number of fused-ring (bicyclic) bond motifs is 1. The van der Waals surface area contributed by atoms with Gasteiger partial charge in [-0.25, -0.2) is 9.97 Å². The van der Waals surface area contributed by atoms with E-state index in [9.17, 15) is 0 Å². The summed E-state index contributed by atoms with van der Waals surface area (Å²) in [5, 5.41) is 0. The van der Waals surface area contributed by atoms with E-state index in [0.29, 0.717) is 6.04 Å². The van der Waals surface area contributed by atoms with Crippen LogP contribution in [0.25, 0.3) is 16.9 Å². The van der Waals surface area contributed by atoms with Crippen molar-refractivity contribution < 1.29 is 0 Å². The third kappa shape index (κ3) is 3.57. The second-order valence-corrected chi connectivity index (χ2v) is 8.05. The Labute approximate surface area is 177 Å². The summed E-state index contributed by atoms with van der Waals surface area (Å²) in [5.74, 6) is 1.06. The van der Waals surface area contributed by atoms with Gasteiger partial charge in [0.2, 0.25) is 0 Å². The van der Waals surface area contributed by atoms with E-state index >= 15 is 0 Å². The van der Waals surface area contributed by atoms with Gasteiger partial charge >= 0.3 is 0 Å². The zero-order chi connectivity index (χ0) is 20.5. The van der Waals surface area contributed by atoms with Gasteiger partial charge in [0, 0.05) is 56.4 Å². The first-order valence-corrected chi connectivity index (χ1v) is 10.6. The number of rotatable bonds is 4. The Morgan fingerprint density at radius 2 is 1.73 bits per heavy atom. The van der Waals surface area contributed by atoms with Crippen molar-refractivity contribution in [1.29, 1.82) is 0 Å². The summed E-state index contributed by atoms with van der Waals surface area (Å²) in [4.78, 5) is 14.4. The number of piperazine rings is 1. The molecule has 5 rings (SSSR count). The van der Waals surface area contributed by atoms with Gasteiger partial charge in [-0.3, -0.25) is 4.90 Å². The summed E-state index contributed by atoms with van der Waals surface area (Å²) < 4.78 is 2.06. The van der Waals surface area contributed by atoms with Crippen LogP contribution in [0, 0.1) is 6.92 Å². The number of aromatic nitrogens is 3. The van der Waals surface area contributed by atoms with Crippen LogP contribution >= 0.6 is 0 Å². The van der Waals surface area contributed by atoms with Gasteiger partial charge in [0.15, 0.2) is 0 Å². The highest BCUT2D eigenvalue weighted by Crippen LogP contribution is 2.27. The highest BCUT2D eigenvalue weighted by molar-refractivity contribution is 5.67. The summed E-state index contributed by atoms with van der Waals surface area (Å²) in [7, 11) is 0. The van der Waals surface area contributed by atoms with Crippen molar-refractivity contribution in [3.8, 4) is 11.3 Å². The third-order valence-corrected chi connectivity index (χ3v) is 6.22. The zero-order valence-electron chi connectivity index (χ0n) is 17.6. The molecule has 1 saturated heterocycles. The van der Waals surface area contributed by atoms with Gasteiger partial charge in [-0.15, -0.1) is 0 Å². The van der Waals surface area contributed by atoms with E-state index in [1.807, 2.05) is 12.4 Å². The minimum absolute atomic E-state index is 0.442. The topological polar surface area (TPSA) is 36.7 Å². The number of pyridine rings is 2. The highest BCUT2D eigenvalue weighted by atomic mass is 15.3. The molecule has 4 heterocycles. The first-order chi connectivity index (χ1) is 14.7. The molecule has 152 valence electrons. The highest BCUT2D eigenvalue weighted by Gasteiger charge is 2.23. The van der Waals surface area contributed by atoms with E-state index in [1.54, 1.807) is 0 Å². The van der Waals surface area contributed by atoms with Crippen molar-refractivity contribution in [3.63, 3.8) is 0 Å². The molecule has 0 amide bonds. The molecule has 5 nitrogen and oxygen atoms in total. The van der Waals surface area contributed by atoms with E-state index in [-0.39, 0.29) is 0 Å². The molecule has 0 spiro atoms. The third-order valence-electron chi connectivity index (χ3n) is 6.22. The Bertz CT molecular complexity index is 1140. The Balaban J connectivity index is 1.33. The number of hydrogen-bond donors (Lipinski definition) is 0. The number of nitrogens with zero attached hydrogens (tertiary/aromatic N) is 5. The SMILES string of the molecule is Cc1cc2nccn2cc1-c1cccc(N2CCN(C(C)c3ccccc3)CC2)n1. The van der Waals surface area contributed by atoms with Crippen molar-refractivity contribution in [2.75, 3.05) is 31.1 Å². The number of imidazole rings is 1. The Morgan fingerprint density at radius 1 is 0.933 bits per heavy atom. The Kier molecular flexibility index (Phi) is 4.97. The molecule has 0 radical (unpaired) electrons. The second kappa shape index (κ2) is 7.92. The van der Waals surface area contributed by atoms with Crippen LogP contribution in [0.5, 0.6) is 0 Å². The lowest BCUT2D eigenvalue weighted by Crippen LogP contribution is -2.47. The second-order valence-electron chi connectivity index (χ2n) is 8.05. The average Bonchev–Trinajstić information content (AvgIpc) is 3.26. The molecule has 1 fully saturated rings. The number of aryl methyl sites for hydroxylation is 1. The van der Waals surface area contributed by atoms with Crippen LogP contribution in [0.15, 0.2) is 73.2 Å². The standard InChI is InChI=1S/C25H27N5/c1-19-17-25-26-11-12-30(25)18-22(19)23-9-6-10-24(27-23)29-15-13-28(14-16-29)20(2)21-7-4-3-5-8-21/h3-12,17-18,20H,13-16H2,1-2H3. The van der Waals surface area contributed by atoms with Gasteiger partial charge in [-0.05, 0) is 43.2 Å². The van der Waals surface area contributed by atoms with Crippen molar-refractivity contribution in [1.82, 2.24) is 19.3 Å². The van der Waals surface area contributed by atoms with Gasteiger partial charge < -0.3 is 9.30 Å². The van der Waals surface area contributed by atoms with Crippen LogP contribution in [-0.2, 0) is 0 Å². The van der Waals surface area contributed by atoms with Crippen LogP contribution in [0.4, 0.5) is 5.82 Å². The summed E-state index contributed by atoms with van der Waals surface area (Å²) >= 11 is 0. The molecule has 0 bridgehead atoms. The van der Waals surface area contributed by atoms with Crippen LogP contribution < -0.4 is 4.90 Å². The molecule has 1 aliphatic heterocycles. The Hall–Kier alpha value is -3.18. The number of hydrogen-bond acceptors (Lipinski definition) is 4. The van der Waals surface area contributed by atoms with E-state index < -0.39 is 0 Å². The van der Waals surface area contributed by atoms with Gasteiger partial charge in [0.05, 0.1) is 5.69 Å². The minimum Gasteiger partial charge on any atom is -0.354 e. The van der Waals surface area contributed by atoms with Crippen molar-refractivity contribution >= 4 is 11.5 Å². The van der Waals surface area contributed by atoms with Crippen molar-refractivity contribution in [2.24, 2.45) is 0 Å². The molecular formula is C25H27N5. The molecule has 1 unspecified atom stereocenters. The molecule has 1 aliphatic rings. The van der Waals surface area contributed by atoms with E-state index in [2.05, 4.69) is 93.8 Å². The largest absolute Gasteiger partial charge is 0.354 e. The summed E-state index contributed by atoms with van der Waals surface area (Å²) in [6, 6.07) is 19.7. The fraction of sp³-hybridized carbons (Fsp3) is 0.280. The lowest BCUT2D eigenvalue weighted by Gasteiger charge is -2.38. The van der Waals surface area contributed by atoms with Crippen molar-refractivity contribution in [2.45, 2.75) is 19.9 Å². The normalized spacial score (nSPS) is 16.1. The maximum Gasteiger partial charge on any atom is 0.136 e. The molecule has 0 aliphatic carbocycles. The van der Waals surface area contributed by atoms with E-state index in [1.165, 1.54) is 11.1 Å². The van der Waals surface area contributed by atoms with Crippen LogP contribution in [0.1, 0.15) is 24.1 Å². The fourth-order valence-corrected chi connectivity index (χ4v) is 4.36. The molecule has 30 heavy (non-hydrogen) atoms. The molecule has 1 aromatic carbocycles. The molecule has 0 saturated carbocycles. The first kappa shape index (κ1) is 18.8. The molecule has 1 atom stereocenters. The van der Waals surface area contributed by atoms with Crippen molar-refractivity contribution in [3.05, 3.63) is 84.3 Å². The summed E-state index contributed by atoms with van der Waals surface area (Å²) in [6.07, 6.45) is 5.94. The molecule has 5 heteroatoms. The quantitative estimate of drug-likeness (QED) is 0.505. The van der Waals surface area contributed by atoms with Crippen LogP contribution in [0.3, 0.4) is 0 Å². The monoisotopic (exact) mass is 397 g/mol.